The van der Waals surface area contributed by atoms with E-state index in [0.29, 0.717) is 30.9 Å². The zero-order valence-electron chi connectivity index (χ0n) is 16.0. The first-order valence-electron chi connectivity index (χ1n) is 9.41. The number of aliphatic hydroxyl groups excluding tert-OH is 1. The molecule has 0 bridgehead atoms. The number of furan rings is 1. The van der Waals surface area contributed by atoms with Gasteiger partial charge in [-0.2, -0.15) is 0 Å². The summed E-state index contributed by atoms with van der Waals surface area (Å²) in [4.78, 5) is 27.0. The predicted octanol–water partition coefficient (Wildman–Crippen LogP) is 3.89. The van der Waals surface area contributed by atoms with Crippen molar-refractivity contribution >= 4 is 28.2 Å². The van der Waals surface area contributed by atoms with Crippen molar-refractivity contribution in [2.75, 3.05) is 20.3 Å². The number of aliphatic hydroxyl groups is 1. The first kappa shape index (κ1) is 19.0. The zero-order valence-corrected chi connectivity index (χ0v) is 16.0. The van der Waals surface area contributed by atoms with Crippen LogP contribution >= 0.6 is 0 Å². The lowest BCUT2D eigenvalue weighted by Crippen LogP contribution is -2.31. The molecule has 6 nitrogen and oxygen atoms in total. The fourth-order valence-corrected chi connectivity index (χ4v) is 3.72. The molecular weight excluding hydrogens is 370 g/mol. The highest BCUT2D eigenvalue weighted by molar-refractivity contribution is 6.46. The first-order valence-corrected chi connectivity index (χ1v) is 9.41. The number of amides is 1. The number of benzene rings is 2. The molecule has 6 heteroatoms. The van der Waals surface area contributed by atoms with E-state index in [2.05, 4.69) is 0 Å². The predicted molar refractivity (Wildman–Crippen MR) is 108 cm³/mol. The van der Waals surface area contributed by atoms with Crippen LogP contribution in [-0.4, -0.2) is 42.0 Å². The number of ketones is 1. The highest BCUT2D eigenvalue weighted by atomic mass is 16.5. The Bertz CT molecular complexity index is 1080. The number of carbonyl (C=O) groups is 2. The molecule has 1 aliphatic rings. The van der Waals surface area contributed by atoms with Gasteiger partial charge in [0, 0.05) is 25.8 Å². The molecule has 29 heavy (non-hydrogen) atoms. The van der Waals surface area contributed by atoms with Crippen LogP contribution in [0, 0.1) is 0 Å². The fraction of sp³-hybridized carbons (Fsp3) is 0.217. The Balaban J connectivity index is 1.81. The van der Waals surface area contributed by atoms with Gasteiger partial charge in [-0.15, -0.1) is 0 Å². The van der Waals surface area contributed by atoms with Gasteiger partial charge in [0.1, 0.15) is 17.6 Å². The molecular formula is C23H21NO5. The largest absolute Gasteiger partial charge is 0.507 e. The Labute approximate surface area is 168 Å². The normalized spacial score (nSPS) is 18.7. The van der Waals surface area contributed by atoms with Crippen LogP contribution in [0.4, 0.5) is 0 Å². The van der Waals surface area contributed by atoms with E-state index in [-0.39, 0.29) is 11.3 Å². The minimum absolute atomic E-state index is 0.0395. The van der Waals surface area contributed by atoms with Crippen LogP contribution in [0.15, 0.2) is 70.9 Å². The number of hydrogen-bond acceptors (Lipinski definition) is 5. The Morgan fingerprint density at radius 3 is 2.62 bits per heavy atom. The molecule has 0 saturated carbocycles. The second-order valence-corrected chi connectivity index (χ2v) is 6.92. The van der Waals surface area contributed by atoms with Gasteiger partial charge < -0.3 is 19.2 Å². The topological polar surface area (TPSA) is 80.0 Å². The summed E-state index contributed by atoms with van der Waals surface area (Å²) in [6.45, 7) is 0.775. The van der Waals surface area contributed by atoms with Gasteiger partial charge in [0.25, 0.3) is 11.7 Å². The third kappa shape index (κ3) is 3.43. The molecule has 3 aromatic rings. The molecule has 1 unspecified atom stereocenters. The number of carbonyl (C=O) groups excluding carboxylic acids is 2. The maximum Gasteiger partial charge on any atom is 0.295 e. The number of hydrogen-bond donors (Lipinski definition) is 1. The van der Waals surface area contributed by atoms with Gasteiger partial charge >= 0.3 is 0 Å². The van der Waals surface area contributed by atoms with Crippen molar-refractivity contribution in [3.8, 4) is 0 Å². The van der Waals surface area contributed by atoms with E-state index in [9.17, 15) is 14.7 Å². The average molecular weight is 391 g/mol. The highest BCUT2D eigenvalue weighted by Gasteiger charge is 2.47. The van der Waals surface area contributed by atoms with E-state index in [1.54, 1.807) is 25.3 Å². The molecule has 1 saturated heterocycles. The quantitative estimate of drug-likeness (QED) is 0.298. The van der Waals surface area contributed by atoms with Gasteiger partial charge in [-0.05, 0) is 35.4 Å². The monoisotopic (exact) mass is 391 g/mol. The van der Waals surface area contributed by atoms with Crippen molar-refractivity contribution in [2.45, 2.75) is 12.5 Å². The van der Waals surface area contributed by atoms with Gasteiger partial charge in [-0.1, -0.05) is 36.4 Å². The number of likely N-dealkylation sites (tertiary alicyclic amines) is 1. The molecule has 1 N–H and O–H groups in total. The summed E-state index contributed by atoms with van der Waals surface area (Å²) in [6.07, 6.45) is 2.05. The summed E-state index contributed by atoms with van der Waals surface area (Å²) in [7, 11) is 1.58. The van der Waals surface area contributed by atoms with Crippen molar-refractivity contribution < 1.29 is 23.8 Å². The molecule has 2 aromatic carbocycles. The van der Waals surface area contributed by atoms with Crippen LogP contribution in [0.5, 0.6) is 0 Å². The average Bonchev–Trinajstić information content (AvgIpc) is 3.35. The molecule has 0 spiro atoms. The van der Waals surface area contributed by atoms with Crippen molar-refractivity contribution in [1.29, 1.82) is 0 Å². The second kappa shape index (κ2) is 7.93. The van der Waals surface area contributed by atoms with Crippen LogP contribution in [0.1, 0.15) is 23.8 Å². The Kier molecular flexibility index (Phi) is 5.18. The van der Waals surface area contributed by atoms with Gasteiger partial charge in [0.2, 0.25) is 0 Å². The number of Topliss-reactive ketones (excluding diaryl/α,β-unsaturated/α-hetero) is 1. The summed E-state index contributed by atoms with van der Waals surface area (Å²) < 4.78 is 10.6. The van der Waals surface area contributed by atoms with Crippen LogP contribution in [-0.2, 0) is 14.3 Å². The fourth-order valence-electron chi connectivity index (χ4n) is 3.72. The molecule has 4 rings (SSSR count). The van der Waals surface area contributed by atoms with Gasteiger partial charge in [-0.3, -0.25) is 9.59 Å². The lowest BCUT2D eigenvalue weighted by molar-refractivity contribution is -0.140. The maximum atomic E-state index is 12.9. The SMILES string of the molecule is COCCCN1C(=O)C(=O)/C(=C(\O)c2ccc3ccccc3c2)C1c1ccco1. The van der Waals surface area contributed by atoms with E-state index in [4.69, 9.17) is 9.15 Å². The van der Waals surface area contributed by atoms with E-state index in [1.807, 2.05) is 36.4 Å². The van der Waals surface area contributed by atoms with Gasteiger partial charge in [-0.25, -0.2) is 0 Å². The van der Waals surface area contributed by atoms with Crippen molar-refractivity contribution in [1.82, 2.24) is 4.90 Å². The van der Waals surface area contributed by atoms with Crippen LogP contribution < -0.4 is 0 Å². The second-order valence-electron chi connectivity index (χ2n) is 6.92. The molecule has 1 aliphatic heterocycles. The molecule has 0 radical (unpaired) electrons. The van der Waals surface area contributed by atoms with Crippen LogP contribution in [0.2, 0.25) is 0 Å². The third-order valence-electron chi connectivity index (χ3n) is 5.12. The van der Waals surface area contributed by atoms with Gasteiger partial charge in [0.15, 0.2) is 0 Å². The van der Waals surface area contributed by atoms with E-state index < -0.39 is 17.7 Å². The summed E-state index contributed by atoms with van der Waals surface area (Å²) in [6, 6.07) is 15.8. The smallest absolute Gasteiger partial charge is 0.295 e. The summed E-state index contributed by atoms with van der Waals surface area (Å²) in [5.74, 6) is -1.13. The van der Waals surface area contributed by atoms with Gasteiger partial charge in [0.05, 0.1) is 11.8 Å². The molecule has 148 valence electrons. The van der Waals surface area contributed by atoms with Crippen molar-refractivity contribution in [3.63, 3.8) is 0 Å². The first-order chi connectivity index (χ1) is 14.1. The molecule has 1 fully saturated rings. The van der Waals surface area contributed by atoms with E-state index >= 15 is 0 Å². The van der Waals surface area contributed by atoms with Crippen molar-refractivity contribution in [2.24, 2.45) is 0 Å². The zero-order chi connectivity index (χ0) is 20.4. The summed E-state index contributed by atoms with van der Waals surface area (Å²) >= 11 is 0. The number of fused-ring (bicyclic) bond motifs is 1. The number of nitrogens with zero attached hydrogens (tertiary/aromatic N) is 1. The molecule has 1 amide bonds. The van der Waals surface area contributed by atoms with Crippen LogP contribution in [0.25, 0.3) is 16.5 Å². The van der Waals surface area contributed by atoms with E-state index in [1.165, 1.54) is 11.2 Å². The Morgan fingerprint density at radius 2 is 1.90 bits per heavy atom. The third-order valence-corrected chi connectivity index (χ3v) is 5.12. The number of rotatable bonds is 6. The minimum atomic E-state index is -0.770. The van der Waals surface area contributed by atoms with E-state index in [0.717, 1.165) is 10.8 Å². The highest BCUT2D eigenvalue weighted by Crippen LogP contribution is 2.39. The number of methoxy groups -OCH3 is 1. The Hall–Kier alpha value is -3.38. The lowest BCUT2D eigenvalue weighted by atomic mass is 9.97. The van der Waals surface area contributed by atoms with Crippen molar-refractivity contribution in [3.05, 3.63) is 77.8 Å². The van der Waals surface area contributed by atoms with Crippen LogP contribution in [0.3, 0.4) is 0 Å². The number of ether oxygens (including phenoxy) is 1. The lowest BCUT2D eigenvalue weighted by Gasteiger charge is -2.23. The summed E-state index contributed by atoms with van der Waals surface area (Å²) in [5, 5.41) is 13.0. The minimum Gasteiger partial charge on any atom is -0.507 e. The Morgan fingerprint density at radius 1 is 1.10 bits per heavy atom. The molecule has 1 atom stereocenters. The maximum absolute atomic E-state index is 12.9. The molecule has 0 aliphatic carbocycles. The molecule has 2 heterocycles. The summed E-state index contributed by atoms with van der Waals surface area (Å²) in [5.41, 5.74) is 0.521. The molecule has 1 aromatic heterocycles. The standard InChI is InChI=1S/C23H21NO5/c1-28-12-5-11-24-20(18-8-4-13-29-18)19(22(26)23(24)27)21(25)17-10-9-15-6-2-3-7-16(15)14-17/h2-4,6-10,13-14,20,25H,5,11-12H2,1H3/b21-19-.